The zero-order valence-electron chi connectivity index (χ0n) is 26.4. The normalized spacial score (nSPS) is 13.4. The second-order valence-electron chi connectivity index (χ2n) is 11.3. The summed E-state index contributed by atoms with van der Waals surface area (Å²) in [4.78, 5) is 38.2. The average molecular weight is 561 g/mol. The molecule has 0 heterocycles. The molecule has 0 radical (unpaired) electrons. The van der Waals surface area contributed by atoms with Crippen molar-refractivity contribution in [3.05, 3.63) is 17.7 Å². The van der Waals surface area contributed by atoms with E-state index in [0.29, 0.717) is 42.6 Å². The number of esters is 3. The highest BCUT2D eigenvalue weighted by molar-refractivity contribution is 5.77. The zero-order valence-corrected chi connectivity index (χ0v) is 26.4. The summed E-state index contributed by atoms with van der Waals surface area (Å²) in [7, 11) is 0. The van der Waals surface area contributed by atoms with Gasteiger partial charge < -0.3 is 14.2 Å². The van der Waals surface area contributed by atoms with Gasteiger partial charge in [-0.05, 0) is 43.9 Å². The van der Waals surface area contributed by atoms with Crippen molar-refractivity contribution in [2.75, 3.05) is 0 Å². The molecule has 0 spiro atoms. The van der Waals surface area contributed by atoms with Crippen molar-refractivity contribution in [1.82, 2.24) is 0 Å². The number of benzene rings is 1. The molecule has 0 saturated heterocycles. The van der Waals surface area contributed by atoms with E-state index in [1.807, 2.05) is 0 Å². The van der Waals surface area contributed by atoms with Crippen LogP contribution in [0.2, 0.25) is 0 Å². The standard InChI is InChI=1S/C34H56O6/c1-8-14-26(11-4)17-20-32(35)38-29-23-30(39-33(36)21-18-27(12-5)15-9-2)25(7)31(24-29)40-34(37)22-19-28(13-6)16-10-3/h23-24,26-28H,8-22H2,1-7H3. The minimum atomic E-state index is -0.344. The van der Waals surface area contributed by atoms with E-state index >= 15 is 0 Å². The zero-order chi connectivity index (χ0) is 29.9. The van der Waals surface area contributed by atoms with Crippen LogP contribution >= 0.6 is 0 Å². The maximum atomic E-state index is 12.8. The maximum absolute atomic E-state index is 12.8. The number of rotatable bonds is 21. The van der Waals surface area contributed by atoms with Gasteiger partial charge in [0, 0.05) is 37.0 Å². The molecule has 3 unspecified atom stereocenters. The van der Waals surface area contributed by atoms with E-state index in [-0.39, 0.29) is 35.2 Å². The first-order valence-corrected chi connectivity index (χ1v) is 16.0. The van der Waals surface area contributed by atoms with Gasteiger partial charge in [-0.1, -0.05) is 99.3 Å². The summed E-state index contributed by atoms with van der Waals surface area (Å²) < 4.78 is 17.1. The van der Waals surface area contributed by atoms with Gasteiger partial charge in [-0.15, -0.1) is 0 Å². The van der Waals surface area contributed by atoms with Crippen molar-refractivity contribution in [3.63, 3.8) is 0 Å². The fourth-order valence-electron chi connectivity index (χ4n) is 5.29. The van der Waals surface area contributed by atoms with Gasteiger partial charge in [0.1, 0.15) is 17.2 Å². The highest BCUT2D eigenvalue weighted by atomic mass is 16.6. The highest BCUT2D eigenvalue weighted by Crippen LogP contribution is 2.35. The van der Waals surface area contributed by atoms with Crippen LogP contribution in [-0.2, 0) is 14.4 Å². The van der Waals surface area contributed by atoms with E-state index < -0.39 is 0 Å². The Morgan fingerprint density at radius 3 is 1.18 bits per heavy atom. The molecule has 228 valence electrons. The largest absolute Gasteiger partial charge is 0.426 e. The van der Waals surface area contributed by atoms with E-state index in [2.05, 4.69) is 41.5 Å². The van der Waals surface area contributed by atoms with Crippen molar-refractivity contribution in [1.29, 1.82) is 0 Å². The van der Waals surface area contributed by atoms with Crippen LogP contribution in [0.25, 0.3) is 0 Å². The van der Waals surface area contributed by atoms with Crippen molar-refractivity contribution in [2.24, 2.45) is 17.8 Å². The Balaban J connectivity index is 3.06. The quantitative estimate of drug-likeness (QED) is 0.110. The molecule has 0 N–H and O–H groups in total. The molecular weight excluding hydrogens is 504 g/mol. The van der Waals surface area contributed by atoms with Crippen molar-refractivity contribution < 1.29 is 28.6 Å². The fraction of sp³-hybridized carbons (Fsp3) is 0.735. The van der Waals surface area contributed by atoms with E-state index in [4.69, 9.17) is 14.2 Å². The van der Waals surface area contributed by atoms with Crippen LogP contribution < -0.4 is 14.2 Å². The van der Waals surface area contributed by atoms with Crippen molar-refractivity contribution in [3.8, 4) is 17.2 Å². The summed E-state index contributed by atoms with van der Waals surface area (Å²) >= 11 is 0. The SMILES string of the molecule is CCCC(CC)CCC(=O)Oc1cc(OC(=O)CCC(CC)CCC)c(C)c(OC(=O)CCC(CC)CCC)c1. The van der Waals surface area contributed by atoms with Crippen LogP contribution in [0, 0.1) is 24.7 Å². The minimum absolute atomic E-state index is 0.222. The number of hydrogen-bond acceptors (Lipinski definition) is 6. The van der Waals surface area contributed by atoms with E-state index in [9.17, 15) is 14.4 Å². The summed E-state index contributed by atoms with van der Waals surface area (Å²) in [5, 5.41) is 0. The lowest BCUT2D eigenvalue weighted by molar-refractivity contribution is -0.135. The monoisotopic (exact) mass is 560 g/mol. The summed E-state index contributed by atoms with van der Waals surface area (Å²) in [6, 6.07) is 3.12. The summed E-state index contributed by atoms with van der Waals surface area (Å²) in [6.07, 6.45) is 12.8. The van der Waals surface area contributed by atoms with Gasteiger partial charge in [-0.2, -0.15) is 0 Å². The number of carbonyl (C=O) groups is 3. The Hall–Kier alpha value is -2.37. The van der Waals surface area contributed by atoms with Gasteiger partial charge in [-0.25, -0.2) is 0 Å². The van der Waals surface area contributed by atoms with E-state index in [0.717, 1.165) is 77.0 Å². The number of carbonyl (C=O) groups excluding carboxylic acids is 3. The number of ether oxygens (including phenoxy) is 3. The van der Waals surface area contributed by atoms with Crippen LogP contribution in [0.1, 0.15) is 143 Å². The first-order chi connectivity index (χ1) is 19.2. The van der Waals surface area contributed by atoms with Crippen molar-refractivity contribution in [2.45, 2.75) is 145 Å². The third-order valence-electron chi connectivity index (χ3n) is 8.06. The second kappa shape index (κ2) is 20.5. The third-order valence-corrected chi connectivity index (χ3v) is 8.06. The highest BCUT2D eigenvalue weighted by Gasteiger charge is 2.20. The molecule has 0 bridgehead atoms. The molecule has 0 aliphatic heterocycles. The van der Waals surface area contributed by atoms with Crippen LogP contribution in [0.4, 0.5) is 0 Å². The topological polar surface area (TPSA) is 78.9 Å². The molecule has 0 aliphatic carbocycles. The van der Waals surface area contributed by atoms with Crippen LogP contribution in [0.3, 0.4) is 0 Å². The average Bonchev–Trinajstić information content (AvgIpc) is 2.93. The molecule has 3 atom stereocenters. The molecule has 1 aromatic rings. The third kappa shape index (κ3) is 13.8. The predicted octanol–water partition coefficient (Wildman–Crippen LogP) is 9.53. The summed E-state index contributed by atoms with van der Waals surface area (Å²) in [5.74, 6) is 1.19. The molecule has 6 heteroatoms. The Morgan fingerprint density at radius 1 is 0.550 bits per heavy atom. The van der Waals surface area contributed by atoms with Crippen LogP contribution in [0.5, 0.6) is 17.2 Å². The molecule has 40 heavy (non-hydrogen) atoms. The lowest BCUT2D eigenvalue weighted by Gasteiger charge is -2.17. The lowest BCUT2D eigenvalue weighted by atomic mass is 9.95. The molecule has 0 saturated carbocycles. The molecular formula is C34H56O6. The van der Waals surface area contributed by atoms with Gasteiger partial charge in [0.15, 0.2) is 0 Å². The van der Waals surface area contributed by atoms with Gasteiger partial charge in [0.2, 0.25) is 0 Å². The van der Waals surface area contributed by atoms with Gasteiger partial charge in [0.25, 0.3) is 0 Å². The Morgan fingerprint density at radius 2 is 0.875 bits per heavy atom. The molecule has 1 aromatic carbocycles. The minimum Gasteiger partial charge on any atom is -0.426 e. The predicted molar refractivity (Wildman–Crippen MR) is 162 cm³/mol. The molecule has 0 aliphatic rings. The first kappa shape index (κ1) is 35.7. The van der Waals surface area contributed by atoms with Crippen LogP contribution in [0.15, 0.2) is 12.1 Å². The molecule has 0 amide bonds. The summed E-state index contributed by atoms with van der Waals surface area (Å²) in [6.45, 7) is 14.6. The fourth-order valence-corrected chi connectivity index (χ4v) is 5.29. The summed E-state index contributed by atoms with van der Waals surface area (Å²) in [5.41, 5.74) is 0.539. The lowest BCUT2D eigenvalue weighted by Crippen LogP contribution is -2.15. The Labute approximate surface area is 243 Å². The second-order valence-corrected chi connectivity index (χ2v) is 11.3. The van der Waals surface area contributed by atoms with Gasteiger partial charge in [-0.3, -0.25) is 14.4 Å². The molecule has 0 aromatic heterocycles. The molecule has 0 fully saturated rings. The van der Waals surface area contributed by atoms with Gasteiger partial charge >= 0.3 is 17.9 Å². The Kier molecular flexibility index (Phi) is 18.3. The number of hydrogen-bond donors (Lipinski definition) is 0. The Bertz CT molecular complexity index is 839. The molecule has 1 rings (SSSR count). The maximum Gasteiger partial charge on any atom is 0.311 e. The van der Waals surface area contributed by atoms with E-state index in [1.165, 1.54) is 0 Å². The first-order valence-electron chi connectivity index (χ1n) is 16.0. The van der Waals surface area contributed by atoms with Crippen molar-refractivity contribution >= 4 is 17.9 Å². The smallest absolute Gasteiger partial charge is 0.311 e. The van der Waals surface area contributed by atoms with E-state index in [1.54, 1.807) is 19.1 Å². The van der Waals surface area contributed by atoms with Crippen LogP contribution in [-0.4, -0.2) is 17.9 Å². The molecule has 6 nitrogen and oxygen atoms in total. The van der Waals surface area contributed by atoms with Gasteiger partial charge in [0.05, 0.1) is 0 Å².